The van der Waals surface area contributed by atoms with Gasteiger partial charge in [0.25, 0.3) is 0 Å². The van der Waals surface area contributed by atoms with E-state index in [1.54, 1.807) is 6.07 Å². The molecule has 1 aromatic carbocycles. The summed E-state index contributed by atoms with van der Waals surface area (Å²) in [7, 11) is 0. The molecule has 23 heavy (non-hydrogen) atoms. The normalized spacial score (nSPS) is 22.7. The highest BCUT2D eigenvalue weighted by molar-refractivity contribution is 6.31. The van der Waals surface area contributed by atoms with E-state index >= 15 is 0 Å². The van der Waals surface area contributed by atoms with Crippen molar-refractivity contribution in [3.05, 3.63) is 23.2 Å². The number of hydrogen-bond acceptors (Lipinski definition) is 3. The predicted molar refractivity (Wildman–Crippen MR) is 101 cm³/mol. The summed E-state index contributed by atoms with van der Waals surface area (Å²) in [6.45, 7) is 0. The van der Waals surface area contributed by atoms with Crippen LogP contribution in [-0.4, -0.2) is 18.0 Å². The summed E-state index contributed by atoms with van der Waals surface area (Å²) < 4.78 is 0. The van der Waals surface area contributed by atoms with E-state index in [4.69, 9.17) is 17.3 Å². The summed E-state index contributed by atoms with van der Waals surface area (Å²) in [5, 5.41) is 7.04. The number of carbonyl (C=O) groups excluding carboxylic acids is 1. The minimum atomic E-state index is 0. The van der Waals surface area contributed by atoms with Crippen LogP contribution in [0, 0.1) is 5.92 Å². The van der Waals surface area contributed by atoms with E-state index in [1.165, 1.54) is 12.8 Å². The van der Waals surface area contributed by atoms with Gasteiger partial charge in [-0.2, -0.15) is 0 Å². The Kier molecular flexibility index (Phi) is 7.95. The second kappa shape index (κ2) is 8.97. The van der Waals surface area contributed by atoms with Crippen molar-refractivity contribution < 1.29 is 4.79 Å². The van der Waals surface area contributed by atoms with Gasteiger partial charge >= 0.3 is 0 Å². The van der Waals surface area contributed by atoms with Crippen LogP contribution in [0.15, 0.2) is 18.2 Å². The molecule has 2 fully saturated rings. The summed E-state index contributed by atoms with van der Waals surface area (Å²) in [6.07, 6.45) is 6.09. The van der Waals surface area contributed by atoms with Gasteiger partial charge in [0, 0.05) is 23.5 Å². The number of benzene rings is 1. The van der Waals surface area contributed by atoms with Crippen LogP contribution in [0.4, 0.5) is 11.4 Å². The molecule has 7 heteroatoms. The van der Waals surface area contributed by atoms with Crippen LogP contribution >= 0.6 is 36.4 Å². The summed E-state index contributed by atoms with van der Waals surface area (Å²) >= 11 is 6.05. The largest absolute Gasteiger partial charge is 0.381 e. The number of carbonyl (C=O) groups is 1. The van der Waals surface area contributed by atoms with Gasteiger partial charge in [0.2, 0.25) is 5.91 Å². The number of anilines is 2. The molecule has 0 aliphatic heterocycles. The lowest BCUT2D eigenvalue weighted by Gasteiger charge is -2.17. The number of nitrogens with two attached hydrogens (primary N) is 1. The van der Waals surface area contributed by atoms with E-state index in [1.807, 2.05) is 12.1 Å². The molecule has 3 rings (SSSR count). The summed E-state index contributed by atoms with van der Waals surface area (Å²) in [6, 6.07) is 6.27. The third kappa shape index (κ3) is 5.71. The van der Waals surface area contributed by atoms with Crippen molar-refractivity contribution in [2.45, 2.75) is 50.6 Å². The third-order valence-electron chi connectivity index (χ3n) is 4.36. The lowest BCUT2D eigenvalue weighted by molar-refractivity contribution is -0.117. The zero-order valence-corrected chi connectivity index (χ0v) is 15.3. The van der Waals surface area contributed by atoms with Crippen molar-refractivity contribution in [3.8, 4) is 0 Å². The molecule has 0 radical (unpaired) electrons. The molecule has 4 N–H and O–H groups in total. The molecule has 0 heterocycles. The van der Waals surface area contributed by atoms with Gasteiger partial charge in [-0.1, -0.05) is 18.0 Å². The Morgan fingerprint density at radius 3 is 2.52 bits per heavy atom. The van der Waals surface area contributed by atoms with Crippen LogP contribution in [0.3, 0.4) is 0 Å². The van der Waals surface area contributed by atoms with Gasteiger partial charge in [-0.25, -0.2) is 0 Å². The first-order valence-corrected chi connectivity index (χ1v) is 8.11. The van der Waals surface area contributed by atoms with Crippen molar-refractivity contribution in [2.24, 2.45) is 11.7 Å². The molecular formula is C16H24Cl3N3O. The fourth-order valence-corrected chi connectivity index (χ4v) is 3.12. The van der Waals surface area contributed by atoms with E-state index in [-0.39, 0.29) is 36.8 Å². The molecule has 2 saturated carbocycles. The van der Waals surface area contributed by atoms with Crippen LogP contribution in [0.25, 0.3) is 0 Å². The Labute approximate surface area is 154 Å². The van der Waals surface area contributed by atoms with Crippen LogP contribution in [0.5, 0.6) is 0 Å². The summed E-state index contributed by atoms with van der Waals surface area (Å²) in [4.78, 5) is 12.2. The van der Waals surface area contributed by atoms with E-state index in [0.717, 1.165) is 30.6 Å². The zero-order chi connectivity index (χ0) is 14.8. The Hall–Kier alpha value is -0.680. The van der Waals surface area contributed by atoms with Gasteiger partial charge in [-0.15, -0.1) is 24.8 Å². The van der Waals surface area contributed by atoms with Gasteiger partial charge in [0.15, 0.2) is 0 Å². The number of nitrogens with one attached hydrogen (secondary N) is 2. The first kappa shape index (κ1) is 20.4. The van der Waals surface area contributed by atoms with Gasteiger partial charge in [-0.05, 0) is 49.8 Å². The predicted octanol–water partition coefficient (Wildman–Crippen LogP) is 4.21. The van der Waals surface area contributed by atoms with E-state index in [9.17, 15) is 4.79 Å². The Morgan fingerprint density at radius 2 is 1.91 bits per heavy atom. The monoisotopic (exact) mass is 379 g/mol. The Bertz CT molecular complexity index is 537. The van der Waals surface area contributed by atoms with E-state index in [0.29, 0.717) is 23.4 Å². The molecule has 2 atom stereocenters. The molecule has 1 aromatic rings. The summed E-state index contributed by atoms with van der Waals surface area (Å²) in [5.74, 6) is 0.336. The molecule has 4 nitrogen and oxygen atoms in total. The van der Waals surface area contributed by atoms with Gasteiger partial charge in [0.1, 0.15) is 0 Å². The van der Waals surface area contributed by atoms with Crippen molar-refractivity contribution in [3.63, 3.8) is 0 Å². The highest BCUT2D eigenvalue weighted by Gasteiger charge is 2.27. The smallest absolute Gasteiger partial charge is 0.224 e. The van der Waals surface area contributed by atoms with Crippen LogP contribution < -0.4 is 16.4 Å². The maximum Gasteiger partial charge on any atom is 0.224 e. The van der Waals surface area contributed by atoms with E-state index in [2.05, 4.69) is 10.6 Å². The fourth-order valence-electron chi connectivity index (χ4n) is 2.95. The minimum absolute atomic E-state index is 0. The maximum atomic E-state index is 12.2. The molecule has 2 aliphatic carbocycles. The SMILES string of the molecule is Cl.Cl.N[C@@H]1CCC[C@H]1CC(=O)Nc1cc(Cl)ccc1NC1CC1. The second-order valence-electron chi connectivity index (χ2n) is 6.22. The lowest BCUT2D eigenvalue weighted by atomic mass is 10.00. The molecule has 1 amide bonds. The molecule has 0 unspecified atom stereocenters. The molecular weight excluding hydrogens is 357 g/mol. The lowest BCUT2D eigenvalue weighted by Crippen LogP contribution is -2.28. The maximum absolute atomic E-state index is 12.2. The minimum Gasteiger partial charge on any atom is -0.381 e. The zero-order valence-electron chi connectivity index (χ0n) is 12.9. The highest BCUT2D eigenvalue weighted by Crippen LogP contribution is 2.32. The molecule has 0 spiro atoms. The van der Waals surface area contributed by atoms with E-state index < -0.39 is 0 Å². The Morgan fingerprint density at radius 1 is 1.17 bits per heavy atom. The number of amides is 1. The molecule has 0 saturated heterocycles. The van der Waals surface area contributed by atoms with Crippen LogP contribution in [0.2, 0.25) is 5.02 Å². The standard InChI is InChI=1S/C16H22ClN3O.2ClH/c17-11-4-7-14(19-12-5-6-12)15(9-11)20-16(21)8-10-2-1-3-13(10)18;;/h4,7,9-10,12-13,19H,1-3,5-6,8,18H2,(H,20,21);2*1H/t10-,13+;;/m0../s1. The van der Waals surface area contributed by atoms with Crippen molar-refractivity contribution in [2.75, 3.05) is 10.6 Å². The first-order valence-electron chi connectivity index (χ1n) is 7.73. The van der Waals surface area contributed by atoms with Crippen molar-refractivity contribution >= 4 is 53.7 Å². The van der Waals surface area contributed by atoms with Gasteiger partial charge in [0.05, 0.1) is 11.4 Å². The fraction of sp³-hybridized carbons (Fsp3) is 0.562. The van der Waals surface area contributed by atoms with Gasteiger partial charge < -0.3 is 16.4 Å². The molecule has 130 valence electrons. The summed E-state index contributed by atoms with van der Waals surface area (Å²) in [5.41, 5.74) is 7.75. The highest BCUT2D eigenvalue weighted by atomic mass is 35.5. The molecule has 0 aromatic heterocycles. The average molecular weight is 381 g/mol. The van der Waals surface area contributed by atoms with Crippen molar-refractivity contribution in [1.82, 2.24) is 0 Å². The van der Waals surface area contributed by atoms with Crippen LogP contribution in [0.1, 0.15) is 38.5 Å². The number of hydrogen-bond donors (Lipinski definition) is 3. The number of halogens is 3. The third-order valence-corrected chi connectivity index (χ3v) is 4.59. The van der Waals surface area contributed by atoms with Crippen LogP contribution in [-0.2, 0) is 4.79 Å². The molecule has 2 aliphatic rings. The quantitative estimate of drug-likeness (QED) is 0.716. The van der Waals surface area contributed by atoms with Gasteiger partial charge in [-0.3, -0.25) is 4.79 Å². The second-order valence-corrected chi connectivity index (χ2v) is 6.65. The Balaban J connectivity index is 0.00000132. The first-order chi connectivity index (χ1) is 10.1. The topological polar surface area (TPSA) is 67.2 Å². The van der Waals surface area contributed by atoms with Crippen molar-refractivity contribution in [1.29, 1.82) is 0 Å². The number of rotatable bonds is 5. The molecule has 0 bridgehead atoms. The average Bonchev–Trinajstić information content (AvgIpc) is 3.17.